The van der Waals surface area contributed by atoms with Crippen LogP contribution in [-0.2, 0) is 9.84 Å². The minimum Gasteiger partial charge on any atom is -0.314 e. The summed E-state index contributed by atoms with van der Waals surface area (Å²) in [6.07, 6.45) is 4.02. The van der Waals surface area contributed by atoms with Gasteiger partial charge in [0.1, 0.15) is 0 Å². The summed E-state index contributed by atoms with van der Waals surface area (Å²) in [6, 6.07) is 0.484. The monoisotopic (exact) mass is 249 g/mol. The van der Waals surface area contributed by atoms with Crippen molar-refractivity contribution in [3.8, 4) is 0 Å². The molecule has 0 heterocycles. The summed E-state index contributed by atoms with van der Waals surface area (Å²) in [5.74, 6) is 0.330. The van der Waals surface area contributed by atoms with Crippen LogP contribution < -0.4 is 5.32 Å². The van der Waals surface area contributed by atoms with Gasteiger partial charge in [0.15, 0.2) is 9.84 Å². The molecule has 0 aliphatic carbocycles. The second-order valence-electron chi connectivity index (χ2n) is 4.60. The summed E-state index contributed by atoms with van der Waals surface area (Å²) in [5.41, 5.74) is 0. The standard InChI is InChI=1S/C12H27NO2S/c1-5-8-12(13-6-2)9-7-10-16(14,15)11(3)4/h11-13H,5-10H2,1-4H3. The van der Waals surface area contributed by atoms with E-state index in [1.807, 2.05) is 0 Å². The molecule has 0 aromatic rings. The molecule has 0 saturated carbocycles. The molecule has 4 heteroatoms. The van der Waals surface area contributed by atoms with Crippen molar-refractivity contribution < 1.29 is 8.42 Å². The third-order valence-electron chi connectivity index (χ3n) is 2.83. The number of hydrogen-bond donors (Lipinski definition) is 1. The van der Waals surface area contributed by atoms with Gasteiger partial charge in [0.05, 0.1) is 11.0 Å². The van der Waals surface area contributed by atoms with Crippen LogP contribution in [0.4, 0.5) is 0 Å². The van der Waals surface area contributed by atoms with Crippen molar-refractivity contribution in [1.82, 2.24) is 5.32 Å². The van der Waals surface area contributed by atoms with Crippen molar-refractivity contribution >= 4 is 9.84 Å². The lowest BCUT2D eigenvalue weighted by Crippen LogP contribution is -2.29. The Morgan fingerprint density at radius 3 is 2.19 bits per heavy atom. The fraction of sp³-hybridized carbons (Fsp3) is 1.00. The summed E-state index contributed by atoms with van der Waals surface area (Å²) in [6.45, 7) is 8.72. The normalized spacial score (nSPS) is 14.3. The number of nitrogens with one attached hydrogen (secondary N) is 1. The maximum absolute atomic E-state index is 11.6. The number of hydrogen-bond acceptors (Lipinski definition) is 3. The number of sulfone groups is 1. The van der Waals surface area contributed by atoms with Crippen LogP contribution in [0.5, 0.6) is 0 Å². The second-order valence-corrected chi connectivity index (χ2v) is 7.28. The van der Waals surface area contributed by atoms with Gasteiger partial charge in [0.2, 0.25) is 0 Å². The Morgan fingerprint density at radius 1 is 1.12 bits per heavy atom. The lowest BCUT2D eigenvalue weighted by molar-refractivity contribution is 0.454. The molecule has 1 unspecified atom stereocenters. The third kappa shape index (κ3) is 6.48. The van der Waals surface area contributed by atoms with E-state index in [1.54, 1.807) is 13.8 Å². The predicted octanol–water partition coefficient (Wildman–Crippen LogP) is 2.37. The van der Waals surface area contributed by atoms with Crippen LogP contribution in [0.1, 0.15) is 53.4 Å². The topological polar surface area (TPSA) is 46.2 Å². The van der Waals surface area contributed by atoms with Crippen LogP contribution in [0.25, 0.3) is 0 Å². The smallest absolute Gasteiger partial charge is 0.152 e. The molecule has 0 rings (SSSR count). The number of rotatable bonds is 9. The van der Waals surface area contributed by atoms with Crippen molar-refractivity contribution in [3.05, 3.63) is 0 Å². The Hall–Kier alpha value is -0.0900. The zero-order valence-electron chi connectivity index (χ0n) is 11.1. The highest BCUT2D eigenvalue weighted by atomic mass is 32.2. The van der Waals surface area contributed by atoms with Gasteiger partial charge in [-0.15, -0.1) is 0 Å². The van der Waals surface area contributed by atoms with Gasteiger partial charge < -0.3 is 5.32 Å². The van der Waals surface area contributed by atoms with Crippen molar-refractivity contribution in [1.29, 1.82) is 0 Å². The first-order valence-electron chi connectivity index (χ1n) is 6.39. The first-order valence-corrected chi connectivity index (χ1v) is 8.10. The van der Waals surface area contributed by atoms with Crippen LogP contribution in [0, 0.1) is 0 Å². The zero-order valence-corrected chi connectivity index (χ0v) is 11.9. The van der Waals surface area contributed by atoms with E-state index in [0.717, 1.165) is 32.2 Å². The largest absolute Gasteiger partial charge is 0.314 e. The van der Waals surface area contributed by atoms with Crippen LogP contribution >= 0.6 is 0 Å². The summed E-state index contributed by atoms with van der Waals surface area (Å²) >= 11 is 0. The van der Waals surface area contributed by atoms with Gasteiger partial charge in [-0.25, -0.2) is 8.42 Å². The van der Waals surface area contributed by atoms with E-state index in [9.17, 15) is 8.42 Å². The highest BCUT2D eigenvalue weighted by molar-refractivity contribution is 7.91. The van der Waals surface area contributed by atoms with Gasteiger partial charge >= 0.3 is 0 Å². The van der Waals surface area contributed by atoms with Crippen LogP contribution in [0.2, 0.25) is 0 Å². The second kappa shape index (κ2) is 8.07. The van der Waals surface area contributed by atoms with Gasteiger partial charge in [0.25, 0.3) is 0 Å². The van der Waals surface area contributed by atoms with E-state index in [0.29, 0.717) is 11.8 Å². The van der Waals surface area contributed by atoms with E-state index in [1.165, 1.54) is 0 Å². The van der Waals surface area contributed by atoms with Crippen molar-refractivity contribution in [2.75, 3.05) is 12.3 Å². The minimum atomic E-state index is -2.85. The quantitative estimate of drug-likeness (QED) is 0.682. The molecule has 0 aliphatic heterocycles. The third-order valence-corrected chi connectivity index (χ3v) is 5.12. The highest BCUT2D eigenvalue weighted by Gasteiger charge is 2.16. The fourth-order valence-electron chi connectivity index (χ4n) is 1.75. The van der Waals surface area contributed by atoms with E-state index in [2.05, 4.69) is 19.2 Å². The molecule has 98 valence electrons. The Labute approximate surface area is 101 Å². The first kappa shape index (κ1) is 15.9. The van der Waals surface area contributed by atoms with E-state index >= 15 is 0 Å². The summed E-state index contributed by atoms with van der Waals surface area (Å²) in [4.78, 5) is 0. The molecule has 0 spiro atoms. The Morgan fingerprint density at radius 2 is 1.75 bits per heavy atom. The van der Waals surface area contributed by atoms with Gasteiger partial charge in [-0.2, -0.15) is 0 Å². The molecule has 0 aromatic heterocycles. The average molecular weight is 249 g/mol. The molecule has 1 N–H and O–H groups in total. The maximum atomic E-state index is 11.6. The SMILES string of the molecule is CCCC(CCCS(=O)(=O)C(C)C)NCC. The molecule has 0 bridgehead atoms. The van der Waals surface area contributed by atoms with Gasteiger partial charge in [-0.3, -0.25) is 0 Å². The fourth-order valence-corrected chi connectivity index (χ4v) is 2.79. The average Bonchev–Trinajstić information content (AvgIpc) is 2.17. The lowest BCUT2D eigenvalue weighted by Gasteiger charge is -2.17. The summed E-state index contributed by atoms with van der Waals surface area (Å²) in [5, 5.41) is 3.16. The zero-order chi connectivity index (χ0) is 12.6. The van der Waals surface area contributed by atoms with Gasteiger partial charge in [0, 0.05) is 6.04 Å². The van der Waals surface area contributed by atoms with E-state index < -0.39 is 9.84 Å². The molecule has 0 aromatic carbocycles. The Balaban J connectivity index is 3.94. The minimum absolute atomic E-state index is 0.240. The predicted molar refractivity (Wildman–Crippen MR) is 70.5 cm³/mol. The molecule has 0 radical (unpaired) electrons. The van der Waals surface area contributed by atoms with Gasteiger partial charge in [-0.05, 0) is 39.7 Å². The lowest BCUT2D eigenvalue weighted by atomic mass is 10.1. The van der Waals surface area contributed by atoms with Crippen molar-refractivity contribution in [3.63, 3.8) is 0 Å². The van der Waals surface area contributed by atoms with Crippen molar-refractivity contribution in [2.45, 2.75) is 64.7 Å². The van der Waals surface area contributed by atoms with Crippen molar-refractivity contribution in [2.24, 2.45) is 0 Å². The molecule has 1 atom stereocenters. The molecule has 0 fully saturated rings. The molecule has 16 heavy (non-hydrogen) atoms. The molecule has 0 amide bonds. The van der Waals surface area contributed by atoms with Gasteiger partial charge in [-0.1, -0.05) is 20.3 Å². The van der Waals surface area contributed by atoms with Crippen LogP contribution in [0.3, 0.4) is 0 Å². The molecule has 0 aliphatic rings. The highest BCUT2D eigenvalue weighted by Crippen LogP contribution is 2.09. The van der Waals surface area contributed by atoms with Crippen LogP contribution in [-0.4, -0.2) is 32.0 Å². The first-order chi connectivity index (χ1) is 7.44. The Bertz CT molecular complexity index is 254. The molecular formula is C12H27NO2S. The maximum Gasteiger partial charge on any atom is 0.152 e. The van der Waals surface area contributed by atoms with Crippen LogP contribution in [0.15, 0.2) is 0 Å². The van der Waals surface area contributed by atoms with E-state index in [4.69, 9.17) is 0 Å². The van der Waals surface area contributed by atoms with E-state index in [-0.39, 0.29) is 5.25 Å². The molecule has 3 nitrogen and oxygen atoms in total. The summed E-state index contributed by atoms with van der Waals surface area (Å²) < 4.78 is 23.2. The molecular weight excluding hydrogens is 222 g/mol. The summed E-state index contributed by atoms with van der Waals surface area (Å²) in [7, 11) is -2.85. The molecule has 0 saturated heterocycles. The Kier molecular flexibility index (Phi) is 8.02.